The Morgan fingerprint density at radius 3 is 2.71 bits per heavy atom. The number of aromatic nitrogens is 5. The number of H-pyrrole nitrogens is 1. The van der Waals surface area contributed by atoms with E-state index in [1.807, 2.05) is 37.3 Å². The number of fused-ring (bicyclic) bond motifs is 1. The molecule has 1 N–H and O–H groups in total. The van der Waals surface area contributed by atoms with Crippen molar-refractivity contribution >= 4 is 22.7 Å². The molecule has 1 fully saturated rings. The van der Waals surface area contributed by atoms with E-state index < -0.39 is 0 Å². The van der Waals surface area contributed by atoms with Crippen LogP contribution in [-0.2, 0) is 5.75 Å². The Kier molecular flexibility index (Phi) is 4.24. The Bertz CT molecular complexity index is 1210. The molecular formula is C21H19N5OS. The quantitative estimate of drug-likeness (QED) is 0.523. The van der Waals surface area contributed by atoms with Gasteiger partial charge in [-0.15, -0.1) is 10.2 Å². The van der Waals surface area contributed by atoms with E-state index in [0.717, 1.165) is 40.6 Å². The Balaban J connectivity index is 1.49. The fraction of sp³-hybridized carbons (Fsp3) is 0.238. The molecule has 4 aromatic rings. The van der Waals surface area contributed by atoms with Crippen molar-refractivity contribution in [1.29, 1.82) is 0 Å². The summed E-state index contributed by atoms with van der Waals surface area (Å²) in [4.78, 5) is 20.0. The average Bonchev–Trinajstić information content (AvgIpc) is 3.47. The zero-order chi connectivity index (χ0) is 19.1. The summed E-state index contributed by atoms with van der Waals surface area (Å²) in [5.41, 5.74) is 2.71. The van der Waals surface area contributed by atoms with Gasteiger partial charge < -0.3 is 4.98 Å². The third-order valence-corrected chi connectivity index (χ3v) is 5.88. The van der Waals surface area contributed by atoms with Crippen LogP contribution in [-0.4, -0.2) is 24.7 Å². The first kappa shape index (κ1) is 17.2. The predicted octanol–water partition coefficient (Wildman–Crippen LogP) is 3.98. The first-order valence-corrected chi connectivity index (χ1v) is 10.3. The zero-order valence-corrected chi connectivity index (χ0v) is 16.2. The van der Waals surface area contributed by atoms with E-state index in [1.165, 1.54) is 0 Å². The standard InChI is InChI=1S/C21H19N5OS/c1-13-6-5-9-16-18(13)22-17(23-20(16)27)12-28-21-25-24-19(14-10-11-14)26(21)15-7-3-2-4-8-15/h2-9,14H,10-12H2,1H3,(H,22,23,27). The van der Waals surface area contributed by atoms with Crippen molar-refractivity contribution in [3.05, 3.63) is 76.1 Å². The maximum atomic E-state index is 12.4. The number of aryl methyl sites for hydroxylation is 1. The van der Waals surface area contributed by atoms with Crippen LogP contribution in [0.4, 0.5) is 0 Å². The summed E-state index contributed by atoms with van der Waals surface area (Å²) in [5.74, 6) is 2.68. The Morgan fingerprint density at radius 2 is 1.93 bits per heavy atom. The smallest absolute Gasteiger partial charge is 0.258 e. The van der Waals surface area contributed by atoms with E-state index in [9.17, 15) is 4.79 Å². The van der Waals surface area contributed by atoms with E-state index in [0.29, 0.717) is 22.9 Å². The highest BCUT2D eigenvalue weighted by Gasteiger charge is 2.31. The minimum Gasteiger partial charge on any atom is -0.309 e. The summed E-state index contributed by atoms with van der Waals surface area (Å²) in [6.45, 7) is 1.97. The molecule has 7 heteroatoms. The molecule has 2 heterocycles. The Hall–Kier alpha value is -2.93. The van der Waals surface area contributed by atoms with Crippen LogP contribution in [0.25, 0.3) is 16.6 Å². The number of nitrogens with one attached hydrogen (secondary N) is 1. The SMILES string of the molecule is Cc1cccc2c(=O)[nH]c(CSc3nnc(C4CC4)n3-c3ccccc3)nc12. The molecule has 6 nitrogen and oxygen atoms in total. The molecule has 28 heavy (non-hydrogen) atoms. The lowest BCUT2D eigenvalue weighted by molar-refractivity contribution is 0.828. The highest BCUT2D eigenvalue weighted by molar-refractivity contribution is 7.98. The fourth-order valence-corrected chi connectivity index (χ4v) is 4.18. The molecule has 0 bridgehead atoms. The van der Waals surface area contributed by atoms with Crippen LogP contribution in [0.1, 0.15) is 36.0 Å². The van der Waals surface area contributed by atoms with Crippen molar-refractivity contribution in [3.8, 4) is 5.69 Å². The van der Waals surface area contributed by atoms with Gasteiger partial charge in [0.25, 0.3) is 5.56 Å². The molecule has 0 saturated heterocycles. The van der Waals surface area contributed by atoms with Crippen LogP contribution in [0, 0.1) is 6.92 Å². The number of hydrogen-bond donors (Lipinski definition) is 1. The molecule has 1 aliphatic carbocycles. The number of rotatable bonds is 5. The van der Waals surface area contributed by atoms with Crippen LogP contribution in [0.2, 0.25) is 0 Å². The Morgan fingerprint density at radius 1 is 1.11 bits per heavy atom. The van der Waals surface area contributed by atoms with E-state index in [-0.39, 0.29) is 5.56 Å². The van der Waals surface area contributed by atoms with Gasteiger partial charge in [-0.3, -0.25) is 9.36 Å². The van der Waals surface area contributed by atoms with Crippen molar-refractivity contribution < 1.29 is 0 Å². The summed E-state index contributed by atoms with van der Waals surface area (Å²) in [6.07, 6.45) is 2.32. The minimum atomic E-state index is -0.104. The number of aromatic amines is 1. The van der Waals surface area contributed by atoms with Crippen molar-refractivity contribution in [2.24, 2.45) is 0 Å². The maximum Gasteiger partial charge on any atom is 0.258 e. The van der Waals surface area contributed by atoms with Crippen LogP contribution < -0.4 is 5.56 Å². The average molecular weight is 389 g/mol. The predicted molar refractivity (Wildman–Crippen MR) is 110 cm³/mol. The molecule has 2 aromatic carbocycles. The highest BCUT2D eigenvalue weighted by Crippen LogP contribution is 2.41. The molecule has 2 aromatic heterocycles. The largest absolute Gasteiger partial charge is 0.309 e. The second-order valence-corrected chi connectivity index (χ2v) is 8.00. The number of nitrogens with zero attached hydrogens (tertiary/aromatic N) is 4. The van der Waals surface area contributed by atoms with Gasteiger partial charge in [0.1, 0.15) is 11.6 Å². The lowest BCUT2D eigenvalue weighted by Crippen LogP contribution is -2.12. The molecule has 1 aliphatic rings. The van der Waals surface area contributed by atoms with Gasteiger partial charge in [0.05, 0.1) is 16.7 Å². The Labute approximate surface area is 166 Å². The minimum absolute atomic E-state index is 0.104. The number of para-hydroxylation sites is 2. The third kappa shape index (κ3) is 3.11. The van der Waals surface area contributed by atoms with E-state index in [4.69, 9.17) is 0 Å². The van der Waals surface area contributed by atoms with Crippen LogP contribution in [0.15, 0.2) is 58.5 Å². The number of benzene rings is 2. The molecule has 0 unspecified atom stereocenters. The van der Waals surface area contributed by atoms with Gasteiger partial charge in [-0.25, -0.2) is 4.98 Å². The number of hydrogen-bond acceptors (Lipinski definition) is 5. The molecule has 1 saturated carbocycles. The summed E-state index contributed by atoms with van der Waals surface area (Å²) >= 11 is 1.54. The molecule has 0 amide bonds. The summed E-state index contributed by atoms with van der Waals surface area (Å²) in [6, 6.07) is 15.8. The lowest BCUT2D eigenvalue weighted by atomic mass is 10.1. The van der Waals surface area contributed by atoms with Crippen LogP contribution in [0.5, 0.6) is 0 Å². The molecule has 0 atom stereocenters. The van der Waals surface area contributed by atoms with Gasteiger partial charge in [0, 0.05) is 11.6 Å². The lowest BCUT2D eigenvalue weighted by Gasteiger charge is -2.10. The summed E-state index contributed by atoms with van der Waals surface area (Å²) in [7, 11) is 0. The fourth-order valence-electron chi connectivity index (χ4n) is 3.35. The van der Waals surface area contributed by atoms with Crippen molar-refractivity contribution in [2.45, 2.75) is 36.6 Å². The highest BCUT2D eigenvalue weighted by atomic mass is 32.2. The van der Waals surface area contributed by atoms with Gasteiger partial charge in [0.15, 0.2) is 5.16 Å². The first-order chi connectivity index (χ1) is 13.7. The monoisotopic (exact) mass is 389 g/mol. The molecule has 0 aliphatic heterocycles. The van der Waals surface area contributed by atoms with Crippen LogP contribution >= 0.6 is 11.8 Å². The van der Waals surface area contributed by atoms with Gasteiger partial charge in [-0.05, 0) is 43.5 Å². The molecule has 140 valence electrons. The van der Waals surface area contributed by atoms with Gasteiger partial charge in [0.2, 0.25) is 0 Å². The topological polar surface area (TPSA) is 76.5 Å². The molecular weight excluding hydrogens is 370 g/mol. The molecule has 5 rings (SSSR count). The second-order valence-electron chi connectivity index (χ2n) is 7.06. The first-order valence-electron chi connectivity index (χ1n) is 9.33. The van der Waals surface area contributed by atoms with Crippen LogP contribution in [0.3, 0.4) is 0 Å². The summed E-state index contributed by atoms with van der Waals surface area (Å²) < 4.78 is 2.13. The van der Waals surface area contributed by atoms with Gasteiger partial charge in [-0.2, -0.15) is 0 Å². The molecule has 0 spiro atoms. The number of thioether (sulfide) groups is 1. The normalized spacial score (nSPS) is 13.9. The van der Waals surface area contributed by atoms with Crippen molar-refractivity contribution in [3.63, 3.8) is 0 Å². The van der Waals surface area contributed by atoms with E-state index >= 15 is 0 Å². The molecule has 0 radical (unpaired) electrons. The van der Waals surface area contributed by atoms with Gasteiger partial charge in [-0.1, -0.05) is 42.1 Å². The van der Waals surface area contributed by atoms with E-state index in [1.54, 1.807) is 17.8 Å². The second kappa shape index (κ2) is 6.91. The van der Waals surface area contributed by atoms with Crippen molar-refractivity contribution in [1.82, 2.24) is 24.7 Å². The van der Waals surface area contributed by atoms with Crippen molar-refractivity contribution in [2.75, 3.05) is 0 Å². The third-order valence-electron chi connectivity index (χ3n) is 4.94. The van der Waals surface area contributed by atoms with E-state index in [2.05, 4.69) is 36.9 Å². The maximum absolute atomic E-state index is 12.4. The van der Waals surface area contributed by atoms with Gasteiger partial charge >= 0.3 is 0 Å². The summed E-state index contributed by atoms with van der Waals surface area (Å²) in [5, 5.41) is 10.3. The zero-order valence-electron chi connectivity index (χ0n) is 15.4.